The highest BCUT2D eigenvalue weighted by Gasteiger charge is 2.06. The molecule has 2 aromatic rings. The molecule has 0 unspecified atom stereocenters. The average Bonchev–Trinajstić information content (AvgIpc) is 2.33. The van der Waals surface area contributed by atoms with Gasteiger partial charge in [-0.05, 0) is 35.4 Å². The third kappa shape index (κ3) is 2.76. The van der Waals surface area contributed by atoms with Crippen molar-refractivity contribution < 1.29 is 15.3 Å². The Morgan fingerprint density at radius 1 is 0.833 bits per heavy atom. The lowest BCUT2D eigenvalue weighted by atomic mass is 10.1. The first-order valence-electron chi connectivity index (χ1n) is 5.25. The molecule has 0 atom stereocenters. The number of hydrogen-bond donors (Lipinski definition) is 3. The first-order chi connectivity index (χ1) is 8.56. The fourth-order valence-electron chi connectivity index (χ4n) is 1.52. The van der Waals surface area contributed by atoms with Gasteiger partial charge in [-0.1, -0.05) is 35.9 Å². The van der Waals surface area contributed by atoms with Gasteiger partial charge in [0, 0.05) is 5.02 Å². The van der Waals surface area contributed by atoms with Crippen LogP contribution in [0.15, 0.2) is 36.4 Å². The van der Waals surface area contributed by atoms with Crippen LogP contribution in [-0.2, 0) is 0 Å². The fraction of sp³-hybridized carbons (Fsp3) is 0. The molecule has 0 aromatic heterocycles. The van der Waals surface area contributed by atoms with E-state index in [-0.39, 0.29) is 11.5 Å². The van der Waals surface area contributed by atoms with Crippen LogP contribution in [0.3, 0.4) is 0 Å². The van der Waals surface area contributed by atoms with Gasteiger partial charge in [0.25, 0.3) is 0 Å². The Balaban J connectivity index is 2.29. The number of aromatic hydroxyl groups is 3. The molecule has 92 valence electrons. The van der Waals surface area contributed by atoms with Crippen molar-refractivity contribution in [1.82, 2.24) is 0 Å². The largest absolute Gasteiger partial charge is 0.504 e. The third-order valence-electron chi connectivity index (χ3n) is 2.41. The molecule has 3 nitrogen and oxygen atoms in total. The molecule has 0 spiro atoms. The van der Waals surface area contributed by atoms with Crippen LogP contribution in [0.1, 0.15) is 11.1 Å². The van der Waals surface area contributed by atoms with Crippen molar-refractivity contribution in [2.75, 3.05) is 0 Å². The molecule has 3 N–H and O–H groups in total. The molecule has 0 aliphatic rings. The summed E-state index contributed by atoms with van der Waals surface area (Å²) in [4.78, 5) is 0. The highest BCUT2D eigenvalue weighted by Crippen LogP contribution is 2.35. The van der Waals surface area contributed by atoms with E-state index < -0.39 is 5.75 Å². The number of phenolic OH excluding ortho intramolecular Hbond substituents is 3. The van der Waals surface area contributed by atoms with Gasteiger partial charge in [0.15, 0.2) is 17.2 Å². The van der Waals surface area contributed by atoms with Crippen LogP contribution >= 0.6 is 11.6 Å². The van der Waals surface area contributed by atoms with Crippen molar-refractivity contribution in [3.63, 3.8) is 0 Å². The van der Waals surface area contributed by atoms with Gasteiger partial charge in [-0.15, -0.1) is 0 Å². The fourth-order valence-corrected chi connectivity index (χ4v) is 1.72. The predicted octanol–water partition coefficient (Wildman–Crippen LogP) is 3.63. The van der Waals surface area contributed by atoms with Crippen molar-refractivity contribution in [3.05, 3.63) is 52.5 Å². The lowest BCUT2D eigenvalue weighted by Gasteiger charge is -2.02. The maximum atomic E-state index is 9.36. The van der Waals surface area contributed by atoms with Crippen molar-refractivity contribution in [1.29, 1.82) is 0 Å². The van der Waals surface area contributed by atoms with E-state index >= 15 is 0 Å². The van der Waals surface area contributed by atoms with Crippen molar-refractivity contribution in [2.24, 2.45) is 0 Å². The minimum atomic E-state index is -0.519. The Bertz CT molecular complexity index is 583. The van der Waals surface area contributed by atoms with Crippen LogP contribution < -0.4 is 0 Å². The van der Waals surface area contributed by atoms with Crippen LogP contribution in [0.25, 0.3) is 12.2 Å². The molecule has 0 saturated carbocycles. The van der Waals surface area contributed by atoms with Gasteiger partial charge in [-0.3, -0.25) is 0 Å². The predicted molar refractivity (Wildman–Crippen MR) is 71.8 cm³/mol. The maximum Gasteiger partial charge on any atom is 0.200 e. The minimum Gasteiger partial charge on any atom is -0.504 e. The molecule has 0 saturated heterocycles. The molecule has 18 heavy (non-hydrogen) atoms. The third-order valence-corrected chi connectivity index (χ3v) is 2.64. The van der Waals surface area contributed by atoms with E-state index in [9.17, 15) is 15.3 Å². The lowest BCUT2D eigenvalue weighted by molar-refractivity contribution is 0.368. The molecule has 0 fully saturated rings. The first-order valence-corrected chi connectivity index (χ1v) is 5.62. The normalized spacial score (nSPS) is 10.9. The summed E-state index contributed by atoms with van der Waals surface area (Å²) < 4.78 is 0. The van der Waals surface area contributed by atoms with E-state index in [2.05, 4.69) is 0 Å². The summed E-state index contributed by atoms with van der Waals surface area (Å²) in [5.74, 6) is -1.24. The summed E-state index contributed by atoms with van der Waals surface area (Å²) in [7, 11) is 0. The van der Waals surface area contributed by atoms with Gasteiger partial charge in [0.1, 0.15) is 0 Å². The zero-order valence-corrected chi connectivity index (χ0v) is 10.1. The van der Waals surface area contributed by atoms with Gasteiger partial charge >= 0.3 is 0 Å². The molecule has 0 bridgehead atoms. The summed E-state index contributed by atoms with van der Waals surface area (Å²) >= 11 is 5.85. The Morgan fingerprint density at radius 2 is 1.44 bits per heavy atom. The number of halogens is 1. The van der Waals surface area contributed by atoms with Crippen LogP contribution in [0, 0.1) is 0 Å². The number of phenols is 3. The van der Waals surface area contributed by atoms with E-state index in [4.69, 9.17) is 11.6 Å². The van der Waals surface area contributed by atoms with Gasteiger partial charge in [0.2, 0.25) is 0 Å². The van der Waals surface area contributed by atoms with Gasteiger partial charge in [-0.25, -0.2) is 0 Å². The van der Waals surface area contributed by atoms with Crippen molar-refractivity contribution in [2.45, 2.75) is 0 Å². The summed E-state index contributed by atoms with van der Waals surface area (Å²) in [5, 5.41) is 28.6. The first kappa shape index (κ1) is 12.3. The number of hydrogen-bond acceptors (Lipinski definition) is 3. The SMILES string of the molecule is Oc1cc(/C=C/c2cccc(Cl)c2)cc(O)c1O. The molecule has 0 aliphatic carbocycles. The van der Waals surface area contributed by atoms with Crippen LogP contribution in [0.5, 0.6) is 17.2 Å². The van der Waals surface area contributed by atoms with Gasteiger partial charge in [0.05, 0.1) is 0 Å². The Labute approximate surface area is 109 Å². The summed E-state index contributed by atoms with van der Waals surface area (Å²) in [6, 6.07) is 9.98. The Morgan fingerprint density at radius 3 is 2.06 bits per heavy atom. The lowest BCUT2D eigenvalue weighted by Crippen LogP contribution is -1.76. The van der Waals surface area contributed by atoms with E-state index in [1.807, 2.05) is 12.1 Å². The number of benzene rings is 2. The van der Waals surface area contributed by atoms with Crippen molar-refractivity contribution >= 4 is 23.8 Å². The topological polar surface area (TPSA) is 60.7 Å². The average molecular weight is 263 g/mol. The quantitative estimate of drug-likeness (QED) is 0.572. The highest BCUT2D eigenvalue weighted by molar-refractivity contribution is 6.30. The van der Waals surface area contributed by atoms with Crippen molar-refractivity contribution in [3.8, 4) is 17.2 Å². The molecule has 0 radical (unpaired) electrons. The smallest absolute Gasteiger partial charge is 0.200 e. The summed E-state index contributed by atoms with van der Waals surface area (Å²) in [6.07, 6.45) is 3.49. The van der Waals surface area contributed by atoms with Crippen LogP contribution in [-0.4, -0.2) is 15.3 Å². The second kappa shape index (κ2) is 5.02. The molecule has 0 amide bonds. The standard InChI is InChI=1S/C14H11ClO3/c15-11-3-1-2-9(6-11)4-5-10-7-12(16)14(18)13(17)8-10/h1-8,16-18H/b5-4+. The van der Waals surface area contributed by atoms with E-state index in [0.29, 0.717) is 10.6 Å². The highest BCUT2D eigenvalue weighted by atomic mass is 35.5. The number of rotatable bonds is 2. The second-order valence-corrected chi connectivity index (χ2v) is 4.23. The van der Waals surface area contributed by atoms with E-state index in [1.54, 1.807) is 24.3 Å². The second-order valence-electron chi connectivity index (χ2n) is 3.80. The van der Waals surface area contributed by atoms with Gasteiger partial charge in [-0.2, -0.15) is 0 Å². The molecule has 0 aliphatic heterocycles. The van der Waals surface area contributed by atoms with E-state index in [1.165, 1.54) is 12.1 Å². The summed E-state index contributed by atoms with van der Waals surface area (Å²) in [6.45, 7) is 0. The minimum absolute atomic E-state index is 0.360. The molecular weight excluding hydrogens is 252 g/mol. The molecule has 4 heteroatoms. The zero-order valence-electron chi connectivity index (χ0n) is 9.34. The van der Waals surface area contributed by atoms with E-state index in [0.717, 1.165) is 5.56 Å². The van der Waals surface area contributed by atoms with Gasteiger partial charge < -0.3 is 15.3 Å². The molecule has 2 aromatic carbocycles. The summed E-state index contributed by atoms with van der Waals surface area (Å²) in [5.41, 5.74) is 1.47. The molecule has 2 rings (SSSR count). The molecular formula is C14H11ClO3. The molecule has 0 heterocycles. The van der Waals surface area contributed by atoms with Crippen LogP contribution in [0.2, 0.25) is 5.02 Å². The maximum absolute atomic E-state index is 9.36. The monoisotopic (exact) mass is 262 g/mol. The Kier molecular flexibility index (Phi) is 3.44. The zero-order chi connectivity index (χ0) is 13.1. The Hall–Kier alpha value is -2.13. The van der Waals surface area contributed by atoms with Crippen LogP contribution in [0.4, 0.5) is 0 Å².